The highest BCUT2D eigenvalue weighted by molar-refractivity contribution is 7.15. The Bertz CT molecular complexity index is 769. The average molecular weight is 374 g/mol. The number of nitrogens with zero attached hydrogens (tertiary/aromatic N) is 3. The molecule has 0 atom stereocenters. The number of amides is 2. The lowest BCUT2D eigenvalue weighted by Gasteiger charge is -2.27. The van der Waals surface area contributed by atoms with Gasteiger partial charge in [0.25, 0.3) is 0 Å². The first kappa shape index (κ1) is 17.7. The van der Waals surface area contributed by atoms with Gasteiger partial charge in [-0.25, -0.2) is 4.79 Å². The van der Waals surface area contributed by atoms with Crippen molar-refractivity contribution in [3.8, 4) is 10.7 Å². The second-order valence-electron chi connectivity index (χ2n) is 6.23. The number of halogens is 3. The molecule has 2 aromatic rings. The zero-order chi connectivity index (χ0) is 18.2. The molecule has 3 heterocycles. The smallest absolute Gasteiger partial charge is 0.338 e. The molecule has 0 radical (unpaired) electrons. The van der Waals surface area contributed by atoms with Crippen LogP contribution in [-0.2, 0) is 19.1 Å². The molecule has 0 unspecified atom stereocenters. The van der Waals surface area contributed by atoms with Crippen molar-refractivity contribution in [2.75, 3.05) is 13.1 Å². The molecule has 0 aliphatic carbocycles. The summed E-state index contributed by atoms with van der Waals surface area (Å²) in [5.41, 5.74) is 1.01. The Hall–Kier alpha value is -2.10. The number of rotatable bonds is 3. The molecule has 0 saturated heterocycles. The van der Waals surface area contributed by atoms with Crippen molar-refractivity contribution in [2.24, 2.45) is 5.92 Å². The van der Waals surface area contributed by atoms with Gasteiger partial charge < -0.3 is 14.7 Å². The molecule has 1 N–H and O–H groups in total. The van der Waals surface area contributed by atoms with Crippen LogP contribution in [-0.4, -0.2) is 34.2 Å². The summed E-state index contributed by atoms with van der Waals surface area (Å²) in [6, 6.07) is 1.64. The van der Waals surface area contributed by atoms with Gasteiger partial charge in [-0.05, 0) is 24.0 Å². The zero-order valence-corrected chi connectivity index (χ0v) is 14.5. The van der Waals surface area contributed by atoms with Gasteiger partial charge in [0.05, 0.1) is 11.4 Å². The van der Waals surface area contributed by atoms with E-state index in [1.807, 2.05) is 13.8 Å². The van der Waals surface area contributed by atoms with E-state index in [-0.39, 0.29) is 11.9 Å². The highest BCUT2D eigenvalue weighted by atomic mass is 32.1. The second-order valence-corrected chi connectivity index (χ2v) is 7.37. The van der Waals surface area contributed by atoms with Crippen molar-refractivity contribution < 1.29 is 22.5 Å². The first-order valence-electron chi connectivity index (χ1n) is 7.79. The zero-order valence-electron chi connectivity index (χ0n) is 13.7. The Morgan fingerprint density at radius 2 is 2.24 bits per heavy atom. The lowest BCUT2D eigenvalue weighted by atomic mass is 10.1. The molecule has 0 aromatic carbocycles. The third-order valence-electron chi connectivity index (χ3n) is 3.72. The number of hydrogen-bond acceptors (Lipinski definition) is 5. The summed E-state index contributed by atoms with van der Waals surface area (Å²) in [6.45, 7) is 5.61. The molecular weight excluding hydrogens is 357 g/mol. The Balaban J connectivity index is 1.73. The van der Waals surface area contributed by atoms with Crippen molar-refractivity contribution in [1.82, 2.24) is 20.4 Å². The second kappa shape index (κ2) is 6.66. The molecule has 1 aliphatic heterocycles. The van der Waals surface area contributed by atoms with Gasteiger partial charge in [-0.1, -0.05) is 19.0 Å². The van der Waals surface area contributed by atoms with Gasteiger partial charge in [-0.2, -0.15) is 18.2 Å². The van der Waals surface area contributed by atoms with Crippen LogP contribution >= 0.6 is 11.3 Å². The van der Waals surface area contributed by atoms with E-state index in [4.69, 9.17) is 0 Å². The van der Waals surface area contributed by atoms with E-state index < -0.39 is 12.1 Å². The molecular formula is C15H17F3N4O2S. The van der Waals surface area contributed by atoms with E-state index in [0.29, 0.717) is 36.9 Å². The molecule has 136 valence electrons. The minimum absolute atomic E-state index is 0.0810. The summed E-state index contributed by atoms with van der Waals surface area (Å²) < 4.78 is 42.0. The number of hydrogen-bond donors (Lipinski definition) is 1. The maximum Gasteiger partial charge on any atom is 0.471 e. The van der Waals surface area contributed by atoms with Gasteiger partial charge in [0, 0.05) is 18.0 Å². The summed E-state index contributed by atoms with van der Waals surface area (Å²) in [6.07, 6.45) is -4.02. The minimum atomic E-state index is -4.66. The monoisotopic (exact) mass is 374 g/mol. The van der Waals surface area contributed by atoms with Crippen LogP contribution in [0.1, 0.15) is 30.2 Å². The van der Waals surface area contributed by atoms with Gasteiger partial charge in [0.1, 0.15) is 0 Å². The molecule has 25 heavy (non-hydrogen) atoms. The van der Waals surface area contributed by atoms with E-state index in [2.05, 4.69) is 20.0 Å². The number of nitrogens with one attached hydrogen (secondary N) is 1. The van der Waals surface area contributed by atoms with Gasteiger partial charge in [-0.15, -0.1) is 11.3 Å². The van der Waals surface area contributed by atoms with E-state index in [0.717, 1.165) is 10.4 Å². The Morgan fingerprint density at radius 1 is 1.48 bits per heavy atom. The molecule has 0 spiro atoms. The molecule has 0 fully saturated rings. The summed E-state index contributed by atoms with van der Waals surface area (Å²) in [7, 11) is 0. The van der Waals surface area contributed by atoms with E-state index in [1.165, 1.54) is 11.3 Å². The summed E-state index contributed by atoms with van der Waals surface area (Å²) in [5, 5.41) is 6.28. The van der Waals surface area contributed by atoms with Crippen LogP contribution in [0.2, 0.25) is 0 Å². The van der Waals surface area contributed by atoms with Crippen LogP contribution < -0.4 is 5.32 Å². The van der Waals surface area contributed by atoms with Gasteiger partial charge in [0.2, 0.25) is 5.82 Å². The van der Waals surface area contributed by atoms with Crippen LogP contribution in [0.4, 0.5) is 18.0 Å². The lowest BCUT2D eigenvalue weighted by molar-refractivity contribution is -0.159. The first-order chi connectivity index (χ1) is 11.7. The quantitative estimate of drug-likeness (QED) is 0.892. The topological polar surface area (TPSA) is 71.3 Å². The predicted molar refractivity (Wildman–Crippen MR) is 85.0 cm³/mol. The molecule has 2 aromatic heterocycles. The van der Waals surface area contributed by atoms with E-state index in [1.54, 1.807) is 11.0 Å². The fourth-order valence-electron chi connectivity index (χ4n) is 2.45. The standard InChI is InChI=1S/C15H17F3N4O2S/c1-8(2)6-19-14(23)22-4-3-9-5-10(25-11(9)7-22)12-20-13(24-21-12)15(16,17)18/h5,8H,3-4,6-7H2,1-2H3,(H,19,23). The first-order valence-corrected chi connectivity index (χ1v) is 8.61. The molecule has 2 amide bonds. The van der Waals surface area contributed by atoms with Gasteiger partial charge in [-0.3, -0.25) is 0 Å². The predicted octanol–water partition coefficient (Wildman–Crippen LogP) is 3.54. The van der Waals surface area contributed by atoms with E-state index >= 15 is 0 Å². The normalized spacial score (nSPS) is 14.7. The highest BCUT2D eigenvalue weighted by Crippen LogP contribution is 2.35. The highest BCUT2D eigenvalue weighted by Gasteiger charge is 2.38. The molecule has 6 nitrogen and oxygen atoms in total. The van der Waals surface area contributed by atoms with E-state index in [9.17, 15) is 18.0 Å². The number of carbonyl (C=O) groups is 1. The Labute approximate surface area is 146 Å². The van der Waals surface area contributed by atoms with Crippen LogP contribution in [0.5, 0.6) is 0 Å². The van der Waals surface area contributed by atoms with Crippen molar-refractivity contribution >= 4 is 17.4 Å². The molecule has 10 heteroatoms. The maximum absolute atomic E-state index is 12.6. The fraction of sp³-hybridized carbons (Fsp3) is 0.533. The molecule has 1 aliphatic rings. The van der Waals surface area contributed by atoms with Crippen LogP contribution in [0.25, 0.3) is 10.7 Å². The number of urea groups is 1. The largest absolute Gasteiger partial charge is 0.471 e. The van der Waals surface area contributed by atoms with Crippen molar-refractivity contribution in [3.05, 3.63) is 22.4 Å². The number of alkyl halides is 3. The summed E-state index contributed by atoms with van der Waals surface area (Å²) in [5.74, 6) is -1.08. The van der Waals surface area contributed by atoms with Crippen molar-refractivity contribution in [1.29, 1.82) is 0 Å². The number of thiophene rings is 1. The summed E-state index contributed by atoms with van der Waals surface area (Å²) in [4.78, 5) is 18.7. The number of carbonyl (C=O) groups excluding carboxylic acids is 1. The Morgan fingerprint density at radius 3 is 2.88 bits per heavy atom. The van der Waals surface area contributed by atoms with Crippen LogP contribution in [0, 0.1) is 5.92 Å². The minimum Gasteiger partial charge on any atom is -0.338 e. The number of fused-ring (bicyclic) bond motifs is 1. The molecule has 3 rings (SSSR count). The third-order valence-corrected chi connectivity index (χ3v) is 4.88. The van der Waals surface area contributed by atoms with Crippen molar-refractivity contribution in [2.45, 2.75) is 33.0 Å². The maximum atomic E-state index is 12.6. The Kier molecular flexibility index (Phi) is 4.72. The average Bonchev–Trinajstić information content (AvgIpc) is 3.17. The molecule has 0 bridgehead atoms. The summed E-state index contributed by atoms with van der Waals surface area (Å²) >= 11 is 1.28. The lowest BCUT2D eigenvalue weighted by Crippen LogP contribution is -2.43. The molecule has 0 saturated carbocycles. The number of aromatic nitrogens is 2. The van der Waals surface area contributed by atoms with Gasteiger partial charge >= 0.3 is 18.1 Å². The third kappa shape index (κ3) is 3.94. The fourth-order valence-corrected chi connectivity index (χ4v) is 3.60. The van der Waals surface area contributed by atoms with Gasteiger partial charge in [0.15, 0.2) is 0 Å². The van der Waals surface area contributed by atoms with Crippen LogP contribution in [0.3, 0.4) is 0 Å². The van der Waals surface area contributed by atoms with Crippen LogP contribution in [0.15, 0.2) is 10.6 Å². The van der Waals surface area contributed by atoms with Crippen molar-refractivity contribution in [3.63, 3.8) is 0 Å². The SMILES string of the molecule is CC(C)CNC(=O)N1CCc2cc(-c3noc(C(F)(F)F)n3)sc2C1.